The van der Waals surface area contributed by atoms with Crippen LogP contribution in [0.25, 0.3) is 10.3 Å². The number of piperidine rings is 1. The van der Waals surface area contributed by atoms with Gasteiger partial charge in [0.1, 0.15) is 31.8 Å². The number of pyridine rings is 2. The zero-order chi connectivity index (χ0) is 25.3. The van der Waals surface area contributed by atoms with Crippen molar-refractivity contribution in [1.29, 1.82) is 0 Å². The first-order chi connectivity index (χ1) is 17.2. The van der Waals surface area contributed by atoms with Crippen molar-refractivity contribution in [2.24, 2.45) is 0 Å². The fourth-order valence-corrected chi connectivity index (χ4v) is 6.36. The number of aryl methyl sites for hydroxylation is 1. The number of thiazole rings is 1. The predicted molar refractivity (Wildman–Crippen MR) is 147 cm³/mol. The fourth-order valence-electron chi connectivity index (χ4n) is 4.45. The summed E-state index contributed by atoms with van der Waals surface area (Å²) in [5.74, 6) is 1.59. The topological polar surface area (TPSA) is 91.3 Å². The molecule has 188 valence electrons. The highest BCUT2D eigenvalue weighted by Crippen LogP contribution is 2.30. The number of rotatable bonds is 7. The summed E-state index contributed by atoms with van der Waals surface area (Å²) in [6.07, 6.45) is 4.51. The summed E-state index contributed by atoms with van der Waals surface area (Å²) < 4.78 is 23.6. The van der Waals surface area contributed by atoms with Crippen LogP contribution in [0, 0.1) is 6.92 Å². The van der Waals surface area contributed by atoms with E-state index >= 15 is 0 Å². The Morgan fingerprint density at radius 3 is 2.56 bits per heavy atom. The minimum absolute atomic E-state index is 0.215. The SMILES string of the molecule is Cc1ccc(N(C)c2ccc3nc(Nc4cc(CN5CCC(S(C)(=O)=O)CC5)ccn4)sc3n2)cc1. The van der Waals surface area contributed by atoms with Gasteiger partial charge in [0, 0.05) is 31.7 Å². The van der Waals surface area contributed by atoms with Gasteiger partial charge in [-0.05, 0) is 74.8 Å². The van der Waals surface area contributed by atoms with Gasteiger partial charge in [0.05, 0.1) is 5.25 Å². The van der Waals surface area contributed by atoms with Crippen LogP contribution in [-0.4, -0.2) is 59.9 Å². The first-order valence-electron chi connectivity index (χ1n) is 12.0. The Morgan fingerprint density at radius 2 is 1.83 bits per heavy atom. The molecule has 1 saturated heterocycles. The molecule has 0 bridgehead atoms. The Hall–Kier alpha value is -3.08. The average molecular weight is 523 g/mol. The van der Waals surface area contributed by atoms with Gasteiger partial charge in [0.2, 0.25) is 0 Å². The molecule has 0 radical (unpaired) electrons. The van der Waals surface area contributed by atoms with Crippen molar-refractivity contribution in [1.82, 2.24) is 19.9 Å². The average Bonchev–Trinajstić information content (AvgIpc) is 3.25. The Kier molecular flexibility index (Phi) is 6.92. The van der Waals surface area contributed by atoms with E-state index in [0.29, 0.717) is 12.8 Å². The largest absolute Gasteiger partial charge is 0.329 e. The molecule has 1 aliphatic heterocycles. The number of nitrogens with zero attached hydrogens (tertiary/aromatic N) is 5. The van der Waals surface area contributed by atoms with Crippen molar-refractivity contribution in [2.75, 3.05) is 36.6 Å². The van der Waals surface area contributed by atoms with Crippen LogP contribution >= 0.6 is 11.3 Å². The van der Waals surface area contributed by atoms with E-state index in [0.717, 1.165) is 58.0 Å². The summed E-state index contributed by atoms with van der Waals surface area (Å²) >= 11 is 1.50. The Labute approximate surface area is 216 Å². The molecule has 1 aromatic carbocycles. The van der Waals surface area contributed by atoms with Gasteiger partial charge >= 0.3 is 0 Å². The van der Waals surface area contributed by atoms with Crippen LogP contribution in [0.5, 0.6) is 0 Å². The number of fused-ring (bicyclic) bond motifs is 1. The summed E-state index contributed by atoms with van der Waals surface area (Å²) in [5.41, 5.74) is 4.28. The highest BCUT2D eigenvalue weighted by Gasteiger charge is 2.26. The van der Waals surface area contributed by atoms with Crippen molar-refractivity contribution in [3.8, 4) is 0 Å². The normalized spacial score (nSPS) is 15.3. The monoisotopic (exact) mass is 522 g/mol. The smallest absolute Gasteiger partial charge is 0.190 e. The molecule has 0 amide bonds. The molecule has 0 saturated carbocycles. The van der Waals surface area contributed by atoms with Gasteiger partial charge in [0.25, 0.3) is 0 Å². The van der Waals surface area contributed by atoms with Crippen LogP contribution < -0.4 is 10.2 Å². The molecule has 0 atom stereocenters. The van der Waals surface area contributed by atoms with Gasteiger partial charge in [-0.2, -0.15) is 0 Å². The van der Waals surface area contributed by atoms with Crippen LogP contribution in [0.1, 0.15) is 24.0 Å². The van der Waals surface area contributed by atoms with Crippen molar-refractivity contribution >= 4 is 54.0 Å². The van der Waals surface area contributed by atoms with Crippen LogP contribution in [0.3, 0.4) is 0 Å². The minimum Gasteiger partial charge on any atom is -0.329 e. The lowest BCUT2D eigenvalue weighted by molar-refractivity contribution is 0.222. The molecule has 0 aliphatic carbocycles. The van der Waals surface area contributed by atoms with Crippen LogP contribution in [0.15, 0.2) is 54.7 Å². The number of nitrogens with one attached hydrogen (secondary N) is 1. The van der Waals surface area contributed by atoms with E-state index in [9.17, 15) is 8.42 Å². The first-order valence-corrected chi connectivity index (χ1v) is 14.7. The quantitative estimate of drug-likeness (QED) is 0.366. The van der Waals surface area contributed by atoms with E-state index in [1.165, 1.54) is 23.2 Å². The number of likely N-dealkylation sites (tertiary alicyclic amines) is 1. The Balaban J connectivity index is 1.26. The molecule has 0 spiro atoms. The van der Waals surface area contributed by atoms with E-state index in [1.54, 1.807) is 6.20 Å². The van der Waals surface area contributed by atoms with E-state index in [2.05, 4.69) is 56.3 Å². The van der Waals surface area contributed by atoms with Gasteiger partial charge in [-0.3, -0.25) is 4.90 Å². The number of benzene rings is 1. The third kappa shape index (κ3) is 5.66. The van der Waals surface area contributed by atoms with Crippen LogP contribution in [0.2, 0.25) is 0 Å². The van der Waals surface area contributed by atoms with Gasteiger partial charge in [-0.1, -0.05) is 29.0 Å². The zero-order valence-electron chi connectivity index (χ0n) is 20.7. The molecule has 4 heterocycles. The van der Waals surface area contributed by atoms with Crippen molar-refractivity contribution in [3.63, 3.8) is 0 Å². The molecule has 4 aromatic rings. The lowest BCUT2D eigenvalue weighted by atomic mass is 10.1. The van der Waals surface area contributed by atoms with Gasteiger partial charge in [-0.15, -0.1) is 0 Å². The summed E-state index contributed by atoms with van der Waals surface area (Å²) in [5, 5.41) is 3.86. The van der Waals surface area contributed by atoms with Gasteiger partial charge in [-0.25, -0.2) is 23.4 Å². The molecule has 10 heteroatoms. The molecular weight excluding hydrogens is 492 g/mol. The Morgan fingerprint density at radius 1 is 1.08 bits per heavy atom. The van der Waals surface area contributed by atoms with E-state index in [-0.39, 0.29) is 5.25 Å². The molecule has 0 unspecified atom stereocenters. The summed E-state index contributed by atoms with van der Waals surface area (Å²) in [7, 11) is -0.946. The predicted octanol–water partition coefficient (Wildman–Crippen LogP) is 4.92. The van der Waals surface area contributed by atoms with Crippen molar-refractivity contribution < 1.29 is 8.42 Å². The molecule has 1 aliphatic rings. The second-order valence-electron chi connectivity index (χ2n) is 9.39. The van der Waals surface area contributed by atoms with Gasteiger partial charge in [0.15, 0.2) is 5.13 Å². The zero-order valence-corrected chi connectivity index (χ0v) is 22.3. The summed E-state index contributed by atoms with van der Waals surface area (Å²) in [4.78, 5) is 19.2. The molecule has 5 rings (SSSR count). The fraction of sp³-hybridized carbons (Fsp3) is 0.346. The molecule has 3 aromatic heterocycles. The number of aromatic nitrogens is 3. The number of hydrogen-bond acceptors (Lipinski definition) is 9. The second kappa shape index (κ2) is 10.1. The summed E-state index contributed by atoms with van der Waals surface area (Å²) in [6.45, 7) is 4.41. The van der Waals surface area contributed by atoms with Crippen molar-refractivity contribution in [3.05, 3.63) is 65.9 Å². The number of hydrogen-bond donors (Lipinski definition) is 1. The van der Waals surface area contributed by atoms with E-state index in [4.69, 9.17) is 4.98 Å². The second-order valence-corrected chi connectivity index (χ2v) is 12.7. The maximum absolute atomic E-state index is 11.8. The van der Waals surface area contributed by atoms with E-state index < -0.39 is 9.84 Å². The van der Waals surface area contributed by atoms with Crippen LogP contribution in [-0.2, 0) is 16.4 Å². The van der Waals surface area contributed by atoms with E-state index in [1.807, 2.05) is 31.3 Å². The number of anilines is 4. The Bertz CT molecular complexity index is 1460. The van der Waals surface area contributed by atoms with Gasteiger partial charge < -0.3 is 10.2 Å². The van der Waals surface area contributed by atoms with Crippen molar-refractivity contribution in [2.45, 2.75) is 31.6 Å². The highest BCUT2D eigenvalue weighted by molar-refractivity contribution is 7.91. The minimum atomic E-state index is -2.96. The standard InChI is InChI=1S/C26H30N6O2S2/c1-18-4-6-20(7-5-18)31(2)24-9-8-22-25(30-24)35-26(28-22)29-23-16-19(10-13-27-23)17-32-14-11-21(12-15-32)36(3,33)34/h4-10,13,16,21H,11-12,14-15,17H2,1-3H3,(H,27,28,29). The lowest BCUT2D eigenvalue weighted by Gasteiger charge is -2.31. The maximum atomic E-state index is 11.8. The molecule has 36 heavy (non-hydrogen) atoms. The number of sulfone groups is 1. The highest BCUT2D eigenvalue weighted by atomic mass is 32.2. The first kappa shape index (κ1) is 24.6. The summed E-state index contributed by atoms with van der Waals surface area (Å²) in [6, 6.07) is 16.4. The lowest BCUT2D eigenvalue weighted by Crippen LogP contribution is -2.38. The molecule has 1 fully saturated rings. The molecule has 8 nitrogen and oxygen atoms in total. The third-order valence-electron chi connectivity index (χ3n) is 6.61. The third-order valence-corrected chi connectivity index (χ3v) is 9.17. The maximum Gasteiger partial charge on any atom is 0.190 e. The molecule has 1 N–H and O–H groups in total. The molecular formula is C26H30N6O2S2. The van der Waals surface area contributed by atoms with Crippen LogP contribution in [0.4, 0.5) is 22.5 Å².